The Balaban J connectivity index is 1.91. The van der Waals surface area contributed by atoms with Crippen LogP contribution in [0.15, 0.2) is 0 Å². The van der Waals surface area contributed by atoms with E-state index in [9.17, 15) is 5.11 Å². The molecule has 2 rings (SSSR count). The third-order valence-electron chi connectivity index (χ3n) is 3.31. The number of nitrogens with one attached hydrogen (secondary N) is 1. The fraction of sp³-hybridized carbons (Fsp3) is 1.00. The molecule has 1 heterocycles. The molecular weight excluding hydrogens is 164 g/mol. The molecule has 1 aliphatic carbocycles. The van der Waals surface area contributed by atoms with Crippen molar-refractivity contribution in [1.29, 1.82) is 0 Å². The average Bonchev–Trinajstić information content (AvgIpc) is 2.51. The Bertz CT molecular complexity index is 174. The van der Waals surface area contributed by atoms with Crippen LogP contribution >= 0.6 is 0 Å². The Morgan fingerprint density at radius 2 is 2.23 bits per heavy atom. The van der Waals surface area contributed by atoms with Crippen LogP contribution in [0.25, 0.3) is 0 Å². The maximum atomic E-state index is 9.77. The van der Waals surface area contributed by atoms with Crippen molar-refractivity contribution in [3.8, 4) is 0 Å². The highest BCUT2D eigenvalue weighted by molar-refractivity contribution is 4.88. The van der Waals surface area contributed by atoms with Gasteiger partial charge < -0.3 is 10.4 Å². The van der Waals surface area contributed by atoms with Crippen LogP contribution in [0.2, 0.25) is 0 Å². The molecule has 0 aromatic rings. The van der Waals surface area contributed by atoms with Gasteiger partial charge in [-0.25, -0.2) is 0 Å². The normalized spacial score (nSPS) is 42.5. The summed E-state index contributed by atoms with van der Waals surface area (Å²) in [5.74, 6) is 0. The van der Waals surface area contributed by atoms with Crippen LogP contribution in [0.3, 0.4) is 0 Å². The first kappa shape index (κ1) is 9.44. The SMILES string of the molecule is C[C@@H]1CN(C2CCCC2O)CCN1. The molecule has 2 unspecified atom stereocenters. The van der Waals surface area contributed by atoms with Gasteiger partial charge in [-0.05, 0) is 26.2 Å². The van der Waals surface area contributed by atoms with Crippen molar-refractivity contribution < 1.29 is 5.11 Å². The van der Waals surface area contributed by atoms with E-state index in [-0.39, 0.29) is 6.10 Å². The topological polar surface area (TPSA) is 35.5 Å². The maximum Gasteiger partial charge on any atom is 0.0695 e. The summed E-state index contributed by atoms with van der Waals surface area (Å²) in [4.78, 5) is 2.46. The second kappa shape index (κ2) is 3.95. The lowest BCUT2D eigenvalue weighted by atomic mass is 10.1. The zero-order valence-electron chi connectivity index (χ0n) is 8.37. The molecule has 2 aliphatic rings. The van der Waals surface area contributed by atoms with Crippen LogP contribution in [0.5, 0.6) is 0 Å². The minimum absolute atomic E-state index is 0.0645. The van der Waals surface area contributed by atoms with E-state index >= 15 is 0 Å². The number of rotatable bonds is 1. The first-order chi connectivity index (χ1) is 6.27. The Kier molecular flexibility index (Phi) is 2.86. The Morgan fingerprint density at radius 1 is 1.38 bits per heavy atom. The van der Waals surface area contributed by atoms with Crippen LogP contribution in [0.1, 0.15) is 26.2 Å². The highest BCUT2D eigenvalue weighted by Gasteiger charge is 2.32. The predicted octanol–water partition coefficient (Wildman–Crippen LogP) is 0.194. The van der Waals surface area contributed by atoms with Crippen LogP contribution in [-0.2, 0) is 0 Å². The second-order valence-electron chi connectivity index (χ2n) is 4.42. The smallest absolute Gasteiger partial charge is 0.0695 e. The van der Waals surface area contributed by atoms with Gasteiger partial charge in [0.1, 0.15) is 0 Å². The van der Waals surface area contributed by atoms with Crippen LogP contribution in [-0.4, -0.2) is 47.8 Å². The predicted molar refractivity (Wildman–Crippen MR) is 52.7 cm³/mol. The van der Waals surface area contributed by atoms with E-state index in [1.54, 1.807) is 0 Å². The third kappa shape index (κ3) is 2.03. The molecule has 76 valence electrons. The van der Waals surface area contributed by atoms with Crippen molar-refractivity contribution in [3.05, 3.63) is 0 Å². The largest absolute Gasteiger partial charge is 0.391 e. The van der Waals surface area contributed by atoms with Crippen LogP contribution in [0.4, 0.5) is 0 Å². The molecule has 1 saturated heterocycles. The molecule has 3 atom stereocenters. The minimum atomic E-state index is -0.0645. The van der Waals surface area contributed by atoms with Gasteiger partial charge in [-0.3, -0.25) is 4.90 Å². The molecule has 0 amide bonds. The van der Waals surface area contributed by atoms with Gasteiger partial charge in [0.15, 0.2) is 0 Å². The quantitative estimate of drug-likeness (QED) is 0.611. The van der Waals surface area contributed by atoms with E-state index in [2.05, 4.69) is 17.1 Å². The van der Waals surface area contributed by atoms with Crippen LogP contribution < -0.4 is 5.32 Å². The summed E-state index contributed by atoms with van der Waals surface area (Å²) in [5.41, 5.74) is 0. The fourth-order valence-electron chi connectivity index (χ4n) is 2.61. The van der Waals surface area contributed by atoms with Crippen molar-refractivity contribution in [1.82, 2.24) is 10.2 Å². The highest BCUT2D eigenvalue weighted by Crippen LogP contribution is 2.24. The fourth-order valence-corrected chi connectivity index (χ4v) is 2.61. The second-order valence-corrected chi connectivity index (χ2v) is 4.42. The molecular formula is C10H20N2O. The zero-order chi connectivity index (χ0) is 9.26. The summed E-state index contributed by atoms with van der Waals surface area (Å²) in [7, 11) is 0. The van der Waals surface area contributed by atoms with Crippen molar-refractivity contribution in [3.63, 3.8) is 0 Å². The number of nitrogens with zero attached hydrogens (tertiary/aromatic N) is 1. The van der Waals surface area contributed by atoms with Crippen molar-refractivity contribution in [2.45, 2.75) is 44.4 Å². The van der Waals surface area contributed by atoms with Gasteiger partial charge in [0, 0.05) is 31.7 Å². The summed E-state index contributed by atoms with van der Waals surface area (Å²) >= 11 is 0. The molecule has 0 radical (unpaired) electrons. The zero-order valence-corrected chi connectivity index (χ0v) is 8.37. The molecule has 2 N–H and O–H groups in total. The molecule has 0 bridgehead atoms. The lowest BCUT2D eigenvalue weighted by Crippen LogP contribution is -2.54. The Hall–Kier alpha value is -0.120. The molecule has 0 aromatic heterocycles. The van der Waals surface area contributed by atoms with Gasteiger partial charge in [0.2, 0.25) is 0 Å². The number of hydrogen-bond donors (Lipinski definition) is 2. The molecule has 0 spiro atoms. The summed E-state index contributed by atoms with van der Waals surface area (Å²) < 4.78 is 0. The molecule has 1 aliphatic heterocycles. The van der Waals surface area contributed by atoms with E-state index in [0.717, 1.165) is 26.1 Å². The summed E-state index contributed by atoms with van der Waals surface area (Å²) in [5, 5.41) is 13.2. The summed E-state index contributed by atoms with van der Waals surface area (Å²) in [6, 6.07) is 1.03. The van der Waals surface area contributed by atoms with Crippen molar-refractivity contribution in [2.75, 3.05) is 19.6 Å². The van der Waals surface area contributed by atoms with Crippen molar-refractivity contribution >= 4 is 0 Å². The van der Waals surface area contributed by atoms with Gasteiger partial charge in [-0.2, -0.15) is 0 Å². The van der Waals surface area contributed by atoms with Gasteiger partial charge >= 0.3 is 0 Å². The van der Waals surface area contributed by atoms with E-state index in [1.165, 1.54) is 12.8 Å². The van der Waals surface area contributed by atoms with Gasteiger partial charge in [-0.15, -0.1) is 0 Å². The highest BCUT2D eigenvalue weighted by atomic mass is 16.3. The molecule has 13 heavy (non-hydrogen) atoms. The minimum Gasteiger partial charge on any atom is -0.391 e. The number of aliphatic hydroxyl groups is 1. The Morgan fingerprint density at radius 3 is 2.85 bits per heavy atom. The van der Waals surface area contributed by atoms with E-state index < -0.39 is 0 Å². The number of aliphatic hydroxyl groups excluding tert-OH is 1. The standard InChI is InChI=1S/C10H20N2O/c1-8-7-12(6-5-11-8)9-3-2-4-10(9)13/h8-11,13H,2-7H2,1H3/t8-,9?,10?/m1/s1. The number of hydrogen-bond acceptors (Lipinski definition) is 3. The number of piperazine rings is 1. The monoisotopic (exact) mass is 184 g/mol. The van der Waals surface area contributed by atoms with Gasteiger partial charge in [0.25, 0.3) is 0 Å². The summed E-state index contributed by atoms with van der Waals surface area (Å²) in [6.07, 6.45) is 3.33. The Labute approximate surface area is 80.1 Å². The molecule has 3 heteroatoms. The maximum absolute atomic E-state index is 9.77. The molecule has 2 fully saturated rings. The average molecular weight is 184 g/mol. The first-order valence-corrected chi connectivity index (χ1v) is 5.43. The first-order valence-electron chi connectivity index (χ1n) is 5.43. The van der Waals surface area contributed by atoms with Gasteiger partial charge in [-0.1, -0.05) is 0 Å². The van der Waals surface area contributed by atoms with E-state index in [4.69, 9.17) is 0 Å². The lowest BCUT2D eigenvalue weighted by Gasteiger charge is -2.37. The van der Waals surface area contributed by atoms with E-state index in [0.29, 0.717) is 12.1 Å². The van der Waals surface area contributed by atoms with Gasteiger partial charge in [0.05, 0.1) is 6.10 Å². The third-order valence-corrected chi connectivity index (χ3v) is 3.31. The van der Waals surface area contributed by atoms with Crippen molar-refractivity contribution in [2.24, 2.45) is 0 Å². The lowest BCUT2D eigenvalue weighted by molar-refractivity contribution is 0.0544. The molecule has 1 saturated carbocycles. The van der Waals surface area contributed by atoms with Crippen LogP contribution in [0, 0.1) is 0 Å². The van der Waals surface area contributed by atoms with E-state index in [1.807, 2.05) is 0 Å². The molecule has 3 nitrogen and oxygen atoms in total. The summed E-state index contributed by atoms with van der Waals surface area (Å²) in [6.45, 7) is 5.49. The molecule has 0 aromatic carbocycles.